The average Bonchev–Trinajstić information content (AvgIpc) is 3.00. The highest BCUT2D eigenvalue weighted by Crippen LogP contribution is 2.46. The Hall–Kier alpha value is -1.68. The molecule has 27 heavy (non-hydrogen) atoms. The van der Waals surface area contributed by atoms with Crippen LogP contribution in [0.1, 0.15) is 19.8 Å². The molecule has 2 saturated heterocycles. The number of nitrogens with two attached hydrogens (primary N) is 1. The number of carbonyl (C=O) groups excluding carboxylic acids is 1. The fourth-order valence-corrected chi connectivity index (χ4v) is 5.90. The number of nitrogens with zero attached hydrogens (tertiary/aromatic N) is 1. The zero-order valence-electron chi connectivity index (χ0n) is 15.7. The smallest absolute Gasteiger partial charge is 0.246 e. The van der Waals surface area contributed by atoms with Crippen molar-refractivity contribution in [1.29, 1.82) is 0 Å². The van der Waals surface area contributed by atoms with Gasteiger partial charge >= 0.3 is 0 Å². The second-order valence-corrected chi connectivity index (χ2v) is 9.16. The van der Waals surface area contributed by atoms with Gasteiger partial charge in [-0.15, -0.1) is 0 Å². The lowest BCUT2D eigenvalue weighted by Crippen LogP contribution is -2.40. The molecule has 0 saturated carbocycles. The van der Waals surface area contributed by atoms with Crippen LogP contribution in [-0.2, 0) is 19.6 Å². The van der Waals surface area contributed by atoms with Gasteiger partial charge in [0.05, 0.1) is 7.11 Å². The minimum atomic E-state index is -3.80. The predicted molar refractivity (Wildman–Crippen MR) is 101 cm³/mol. The zero-order valence-corrected chi connectivity index (χ0v) is 16.5. The van der Waals surface area contributed by atoms with Crippen LogP contribution >= 0.6 is 0 Å². The Morgan fingerprint density at radius 1 is 1.41 bits per heavy atom. The van der Waals surface area contributed by atoms with Crippen LogP contribution in [0.25, 0.3) is 0 Å². The second-order valence-electron chi connectivity index (χ2n) is 7.25. The molecular weight excluding hydrogens is 370 g/mol. The van der Waals surface area contributed by atoms with Crippen LogP contribution in [0, 0.1) is 11.3 Å². The van der Waals surface area contributed by atoms with E-state index in [-0.39, 0.29) is 27.9 Å². The standard InChI is InChI=1S/C18H27N3O5S/c1-13(22)20-15-3-4-16(25-2)17(9-15)27(23,24)21-11-14(10-19)18(12-21)5-7-26-8-6-18/h3-4,9,14H,5-8,10-12,19H2,1-2H3,(H,20,22). The Kier molecular flexibility index (Phi) is 5.76. The maximum absolute atomic E-state index is 13.4. The van der Waals surface area contributed by atoms with Gasteiger partial charge in [0.25, 0.3) is 0 Å². The molecule has 2 heterocycles. The van der Waals surface area contributed by atoms with Gasteiger partial charge in [0, 0.05) is 38.9 Å². The molecule has 3 rings (SSSR count). The molecule has 1 unspecified atom stereocenters. The topological polar surface area (TPSA) is 111 Å². The summed E-state index contributed by atoms with van der Waals surface area (Å²) in [7, 11) is -2.37. The first kappa shape index (κ1) is 20.1. The molecule has 150 valence electrons. The highest BCUT2D eigenvalue weighted by molar-refractivity contribution is 7.89. The van der Waals surface area contributed by atoms with E-state index in [1.54, 1.807) is 12.1 Å². The molecule has 1 aromatic carbocycles. The molecule has 1 atom stereocenters. The van der Waals surface area contributed by atoms with Gasteiger partial charge in [-0.1, -0.05) is 0 Å². The minimum Gasteiger partial charge on any atom is -0.495 e. The van der Waals surface area contributed by atoms with E-state index in [1.807, 2.05) is 0 Å². The summed E-state index contributed by atoms with van der Waals surface area (Å²) < 4.78 is 39.1. The number of methoxy groups -OCH3 is 1. The number of anilines is 1. The predicted octanol–water partition coefficient (Wildman–Crippen LogP) is 1.03. The first-order chi connectivity index (χ1) is 12.8. The molecule has 1 amide bonds. The lowest BCUT2D eigenvalue weighted by atomic mass is 9.72. The number of carbonyl (C=O) groups is 1. The third-order valence-electron chi connectivity index (χ3n) is 5.66. The number of hydrogen-bond acceptors (Lipinski definition) is 6. The molecule has 0 radical (unpaired) electrons. The Balaban J connectivity index is 1.95. The van der Waals surface area contributed by atoms with Crippen molar-refractivity contribution in [2.45, 2.75) is 24.7 Å². The van der Waals surface area contributed by atoms with Gasteiger partial charge in [-0.25, -0.2) is 8.42 Å². The highest BCUT2D eigenvalue weighted by atomic mass is 32.2. The first-order valence-corrected chi connectivity index (χ1v) is 10.5. The Labute approximate surface area is 160 Å². The van der Waals surface area contributed by atoms with Crippen molar-refractivity contribution >= 4 is 21.6 Å². The van der Waals surface area contributed by atoms with Crippen LogP contribution in [0.3, 0.4) is 0 Å². The van der Waals surface area contributed by atoms with Crippen molar-refractivity contribution in [3.63, 3.8) is 0 Å². The van der Waals surface area contributed by atoms with E-state index in [1.165, 1.54) is 24.4 Å². The average molecular weight is 397 g/mol. The molecule has 2 fully saturated rings. The number of rotatable bonds is 5. The molecule has 8 nitrogen and oxygen atoms in total. The maximum atomic E-state index is 13.4. The molecule has 0 bridgehead atoms. The maximum Gasteiger partial charge on any atom is 0.246 e. The summed E-state index contributed by atoms with van der Waals surface area (Å²) in [5, 5.41) is 2.62. The van der Waals surface area contributed by atoms with E-state index in [4.69, 9.17) is 15.2 Å². The summed E-state index contributed by atoms with van der Waals surface area (Å²) >= 11 is 0. The highest BCUT2D eigenvalue weighted by Gasteiger charge is 2.50. The third-order valence-corrected chi connectivity index (χ3v) is 7.49. The molecular formula is C18H27N3O5S. The summed E-state index contributed by atoms with van der Waals surface area (Å²) in [6.45, 7) is 3.88. The van der Waals surface area contributed by atoms with Gasteiger partial charge in [0.2, 0.25) is 15.9 Å². The Morgan fingerprint density at radius 3 is 2.70 bits per heavy atom. The zero-order chi connectivity index (χ0) is 19.7. The number of nitrogens with one attached hydrogen (secondary N) is 1. The molecule has 2 aliphatic heterocycles. The van der Waals surface area contributed by atoms with E-state index >= 15 is 0 Å². The van der Waals surface area contributed by atoms with Crippen molar-refractivity contribution < 1.29 is 22.7 Å². The normalized spacial score (nSPS) is 22.7. The van der Waals surface area contributed by atoms with Crippen molar-refractivity contribution in [2.24, 2.45) is 17.1 Å². The number of hydrogen-bond donors (Lipinski definition) is 2. The van der Waals surface area contributed by atoms with Crippen molar-refractivity contribution in [1.82, 2.24) is 4.31 Å². The molecule has 0 aromatic heterocycles. The van der Waals surface area contributed by atoms with E-state index in [0.717, 1.165) is 12.8 Å². The van der Waals surface area contributed by atoms with Crippen LogP contribution < -0.4 is 15.8 Å². The van der Waals surface area contributed by atoms with Gasteiger partial charge < -0.3 is 20.5 Å². The fraction of sp³-hybridized carbons (Fsp3) is 0.611. The summed E-state index contributed by atoms with van der Waals surface area (Å²) in [6.07, 6.45) is 1.62. The number of ether oxygens (including phenoxy) is 2. The van der Waals surface area contributed by atoms with Crippen molar-refractivity contribution in [3.8, 4) is 5.75 Å². The molecule has 2 aliphatic rings. The van der Waals surface area contributed by atoms with Gasteiger partial charge in [0.15, 0.2) is 0 Å². The summed E-state index contributed by atoms with van der Waals surface area (Å²) in [6, 6.07) is 4.62. The molecule has 1 aromatic rings. The molecule has 1 spiro atoms. The minimum absolute atomic E-state index is 0.0520. The van der Waals surface area contributed by atoms with Gasteiger partial charge in [-0.3, -0.25) is 4.79 Å². The van der Waals surface area contributed by atoms with E-state index in [0.29, 0.717) is 38.5 Å². The van der Waals surface area contributed by atoms with Crippen LogP contribution in [0.2, 0.25) is 0 Å². The quantitative estimate of drug-likeness (QED) is 0.768. The molecule has 3 N–H and O–H groups in total. The lowest BCUT2D eigenvalue weighted by Gasteiger charge is -2.37. The molecule has 0 aliphatic carbocycles. The SMILES string of the molecule is COc1ccc(NC(C)=O)cc1S(=O)(=O)N1CC(CN)C2(CCOCC2)C1. The van der Waals surface area contributed by atoms with Gasteiger partial charge in [-0.2, -0.15) is 4.31 Å². The van der Waals surface area contributed by atoms with E-state index < -0.39 is 10.0 Å². The van der Waals surface area contributed by atoms with Crippen molar-refractivity contribution in [2.75, 3.05) is 45.3 Å². The van der Waals surface area contributed by atoms with E-state index in [2.05, 4.69) is 5.32 Å². The van der Waals surface area contributed by atoms with Gasteiger partial charge in [0.1, 0.15) is 10.6 Å². The van der Waals surface area contributed by atoms with Crippen LogP contribution in [0.5, 0.6) is 5.75 Å². The van der Waals surface area contributed by atoms with Gasteiger partial charge in [-0.05, 0) is 48.9 Å². The third kappa shape index (κ3) is 3.82. The summed E-state index contributed by atoms with van der Waals surface area (Å²) in [4.78, 5) is 11.4. The monoisotopic (exact) mass is 397 g/mol. The van der Waals surface area contributed by atoms with Crippen LogP contribution in [-0.4, -0.2) is 58.6 Å². The van der Waals surface area contributed by atoms with E-state index in [9.17, 15) is 13.2 Å². The number of benzene rings is 1. The number of amides is 1. The number of sulfonamides is 1. The second kappa shape index (κ2) is 7.75. The fourth-order valence-electron chi connectivity index (χ4n) is 4.13. The Bertz CT molecular complexity index is 805. The lowest BCUT2D eigenvalue weighted by molar-refractivity contribution is -0.114. The Morgan fingerprint density at radius 2 is 2.11 bits per heavy atom. The van der Waals surface area contributed by atoms with Crippen LogP contribution in [0.4, 0.5) is 5.69 Å². The van der Waals surface area contributed by atoms with Crippen LogP contribution in [0.15, 0.2) is 23.1 Å². The largest absolute Gasteiger partial charge is 0.495 e. The summed E-state index contributed by atoms with van der Waals surface area (Å²) in [5.74, 6) is 0.0797. The molecule has 9 heteroatoms. The van der Waals surface area contributed by atoms with Crippen molar-refractivity contribution in [3.05, 3.63) is 18.2 Å². The summed E-state index contributed by atoms with van der Waals surface area (Å²) in [5.41, 5.74) is 6.26. The first-order valence-electron chi connectivity index (χ1n) is 9.06.